The van der Waals surface area contributed by atoms with Gasteiger partial charge in [-0.3, -0.25) is 4.79 Å². The smallest absolute Gasteiger partial charge is 0.202 e. The molecule has 0 saturated heterocycles. The fourth-order valence-corrected chi connectivity index (χ4v) is 2.56. The summed E-state index contributed by atoms with van der Waals surface area (Å²) in [6, 6.07) is 2.14. The van der Waals surface area contributed by atoms with Crippen LogP contribution in [0.25, 0.3) is 0 Å². The molecule has 7 nitrogen and oxygen atoms in total. The van der Waals surface area contributed by atoms with E-state index in [1.54, 1.807) is 6.08 Å². The molecule has 0 aromatic heterocycles. The van der Waals surface area contributed by atoms with Gasteiger partial charge in [0.25, 0.3) is 0 Å². The molecule has 2 aliphatic rings. The highest BCUT2D eigenvalue weighted by Crippen LogP contribution is 2.39. The van der Waals surface area contributed by atoms with Gasteiger partial charge in [-0.05, 0) is 18.1 Å². The Morgan fingerprint density at radius 2 is 1.86 bits per heavy atom. The van der Waals surface area contributed by atoms with Gasteiger partial charge in [0.05, 0.1) is 0 Å². The van der Waals surface area contributed by atoms with Crippen LogP contribution >= 0.6 is 0 Å². The van der Waals surface area contributed by atoms with Gasteiger partial charge < -0.3 is 30.3 Å². The van der Waals surface area contributed by atoms with Gasteiger partial charge in [0.1, 0.15) is 34.7 Å². The average molecular weight is 306 g/mol. The number of ether oxygens (including phenoxy) is 1. The van der Waals surface area contributed by atoms with E-state index in [4.69, 9.17) is 4.74 Å². The van der Waals surface area contributed by atoms with Crippen LogP contribution in [0.1, 0.15) is 16.8 Å². The van der Waals surface area contributed by atoms with E-state index in [0.717, 1.165) is 12.1 Å². The lowest BCUT2D eigenvalue weighted by molar-refractivity contribution is 0.0341. The summed E-state index contributed by atoms with van der Waals surface area (Å²) in [4.78, 5) is 12.2. The normalized spacial score (nSPS) is 27.5. The third-order valence-corrected chi connectivity index (χ3v) is 3.68. The van der Waals surface area contributed by atoms with Crippen molar-refractivity contribution in [2.75, 3.05) is 0 Å². The standard InChI is InChI=1S/C15H14O7/c16-7-4-10(19)12-11(5-7)22-15(14(21)13(12)20)6-1-2-8(17)9(18)3-6/h1,3-5,8,14-19,21H,2H2. The SMILES string of the molecule is O=C1c2c(O)cc(O)cc2OC(C2=CCC(O)C(O)=C2)C1O. The van der Waals surface area contributed by atoms with Crippen molar-refractivity contribution >= 4 is 5.78 Å². The summed E-state index contributed by atoms with van der Waals surface area (Å²) in [5, 5.41) is 48.4. The van der Waals surface area contributed by atoms with Gasteiger partial charge in [0, 0.05) is 12.1 Å². The number of phenols is 2. The van der Waals surface area contributed by atoms with Crippen molar-refractivity contribution in [3.63, 3.8) is 0 Å². The van der Waals surface area contributed by atoms with Crippen LogP contribution in [-0.4, -0.2) is 49.6 Å². The fourth-order valence-electron chi connectivity index (χ4n) is 2.56. The van der Waals surface area contributed by atoms with Crippen molar-refractivity contribution < 1.29 is 35.1 Å². The molecule has 22 heavy (non-hydrogen) atoms. The first-order valence-electron chi connectivity index (χ1n) is 6.62. The molecule has 0 amide bonds. The van der Waals surface area contributed by atoms with Gasteiger partial charge in [-0.25, -0.2) is 0 Å². The van der Waals surface area contributed by atoms with Crippen LogP contribution in [0.5, 0.6) is 17.2 Å². The summed E-state index contributed by atoms with van der Waals surface area (Å²) in [5.41, 5.74) is 0.128. The van der Waals surface area contributed by atoms with Crippen molar-refractivity contribution in [2.45, 2.75) is 24.7 Å². The van der Waals surface area contributed by atoms with Gasteiger partial charge in [-0.1, -0.05) is 6.08 Å². The van der Waals surface area contributed by atoms with Crippen molar-refractivity contribution in [2.24, 2.45) is 0 Å². The summed E-state index contributed by atoms with van der Waals surface area (Å²) in [6.45, 7) is 0. The largest absolute Gasteiger partial charge is 0.510 e. The van der Waals surface area contributed by atoms with Crippen molar-refractivity contribution in [1.29, 1.82) is 0 Å². The molecular formula is C15H14O7. The van der Waals surface area contributed by atoms with Crippen LogP contribution in [-0.2, 0) is 0 Å². The zero-order chi connectivity index (χ0) is 16.0. The number of aromatic hydroxyl groups is 2. The summed E-state index contributed by atoms with van der Waals surface area (Å²) in [7, 11) is 0. The number of aliphatic hydroxyl groups excluding tert-OH is 3. The molecule has 1 aromatic rings. The van der Waals surface area contributed by atoms with Gasteiger partial charge in [0.2, 0.25) is 5.78 Å². The number of carbonyl (C=O) groups excluding carboxylic acids is 1. The van der Waals surface area contributed by atoms with E-state index in [-0.39, 0.29) is 29.2 Å². The lowest BCUT2D eigenvalue weighted by atomic mass is 9.89. The van der Waals surface area contributed by atoms with Gasteiger partial charge in [-0.2, -0.15) is 0 Å². The maximum Gasteiger partial charge on any atom is 0.202 e. The molecular weight excluding hydrogens is 292 g/mol. The number of rotatable bonds is 1. The third-order valence-electron chi connectivity index (χ3n) is 3.68. The first kappa shape index (κ1) is 14.4. The Hall–Kier alpha value is -2.51. The number of benzene rings is 1. The van der Waals surface area contributed by atoms with Gasteiger partial charge in [-0.15, -0.1) is 0 Å². The molecule has 3 rings (SSSR count). The molecule has 7 heteroatoms. The maximum absolute atomic E-state index is 12.2. The van der Waals surface area contributed by atoms with Crippen molar-refractivity contribution in [3.8, 4) is 17.2 Å². The van der Waals surface area contributed by atoms with Crippen molar-refractivity contribution in [1.82, 2.24) is 0 Å². The summed E-state index contributed by atoms with van der Waals surface area (Å²) >= 11 is 0. The fraction of sp³-hybridized carbons (Fsp3) is 0.267. The summed E-state index contributed by atoms with van der Waals surface area (Å²) in [5.74, 6) is -1.86. The third kappa shape index (κ3) is 2.20. The average Bonchev–Trinajstić information content (AvgIpc) is 2.45. The molecule has 1 aliphatic carbocycles. The molecule has 3 unspecified atom stereocenters. The molecule has 0 spiro atoms. The van der Waals surface area contributed by atoms with Crippen LogP contribution in [0, 0.1) is 0 Å². The van der Waals surface area contributed by atoms with Gasteiger partial charge in [0.15, 0.2) is 12.2 Å². The highest BCUT2D eigenvalue weighted by molar-refractivity contribution is 6.05. The Bertz CT molecular complexity index is 704. The zero-order valence-electron chi connectivity index (χ0n) is 11.3. The highest BCUT2D eigenvalue weighted by Gasteiger charge is 2.40. The highest BCUT2D eigenvalue weighted by atomic mass is 16.5. The molecule has 1 heterocycles. The minimum Gasteiger partial charge on any atom is -0.510 e. The Kier molecular flexibility index (Phi) is 3.31. The van der Waals surface area contributed by atoms with Crippen LogP contribution in [0.2, 0.25) is 0 Å². The second kappa shape index (κ2) is 5.04. The Labute approximate surface area is 125 Å². The number of aliphatic hydroxyl groups is 3. The molecule has 116 valence electrons. The molecule has 5 N–H and O–H groups in total. The predicted molar refractivity (Wildman–Crippen MR) is 73.9 cm³/mol. The quantitative estimate of drug-likeness (QED) is 0.512. The number of hydrogen-bond donors (Lipinski definition) is 5. The van der Waals surface area contributed by atoms with E-state index in [9.17, 15) is 30.3 Å². The second-order valence-corrected chi connectivity index (χ2v) is 5.21. The van der Waals surface area contributed by atoms with E-state index >= 15 is 0 Å². The van der Waals surface area contributed by atoms with Crippen LogP contribution in [0.4, 0.5) is 0 Å². The first-order valence-corrected chi connectivity index (χ1v) is 6.62. The van der Waals surface area contributed by atoms with E-state index in [1.165, 1.54) is 6.08 Å². The minimum absolute atomic E-state index is 0.0577. The topological polar surface area (TPSA) is 127 Å². The Morgan fingerprint density at radius 1 is 1.14 bits per heavy atom. The lowest BCUT2D eigenvalue weighted by Crippen LogP contribution is -2.43. The molecule has 0 fully saturated rings. The lowest BCUT2D eigenvalue weighted by Gasteiger charge is -2.32. The number of ketones is 1. The van der Waals surface area contributed by atoms with E-state index < -0.39 is 29.8 Å². The zero-order valence-corrected chi connectivity index (χ0v) is 11.3. The molecule has 3 atom stereocenters. The van der Waals surface area contributed by atoms with Gasteiger partial charge >= 0.3 is 0 Å². The predicted octanol–water partition coefficient (Wildman–Crippen LogP) is 0.535. The summed E-state index contributed by atoms with van der Waals surface area (Å²) in [6.07, 6.45) is -0.816. The number of hydrogen-bond acceptors (Lipinski definition) is 7. The summed E-state index contributed by atoms with van der Waals surface area (Å²) < 4.78 is 5.50. The first-order chi connectivity index (χ1) is 10.4. The molecule has 0 bridgehead atoms. The van der Waals surface area contributed by atoms with E-state index in [2.05, 4.69) is 0 Å². The number of Topliss-reactive ketones (excluding diaryl/α,β-unsaturated/α-hetero) is 1. The minimum atomic E-state index is -1.58. The van der Waals surface area contributed by atoms with Crippen LogP contribution < -0.4 is 4.74 Å². The Morgan fingerprint density at radius 3 is 2.55 bits per heavy atom. The van der Waals surface area contributed by atoms with E-state index in [0.29, 0.717) is 5.57 Å². The molecule has 0 radical (unpaired) electrons. The maximum atomic E-state index is 12.2. The molecule has 1 aromatic carbocycles. The molecule has 0 saturated carbocycles. The number of fused-ring (bicyclic) bond motifs is 1. The Balaban J connectivity index is 2.01. The van der Waals surface area contributed by atoms with E-state index in [1.807, 2.05) is 0 Å². The van der Waals surface area contributed by atoms with Crippen LogP contribution in [0.3, 0.4) is 0 Å². The van der Waals surface area contributed by atoms with Crippen molar-refractivity contribution in [3.05, 3.63) is 41.2 Å². The number of carbonyl (C=O) groups is 1. The monoisotopic (exact) mass is 306 g/mol. The van der Waals surface area contributed by atoms with Crippen LogP contribution in [0.15, 0.2) is 35.6 Å². The second-order valence-electron chi connectivity index (χ2n) is 5.21. The number of phenolic OH excluding ortho intramolecular Hbond substituents is 2. The molecule has 1 aliphatic heterocycles.